The summed E-state index contributed by atoms with van der Waals surface area (Å²) in [6, 6.07) is 7.16. The number of ketones is 1. The van der Waals surface area contributed by atoms with Gasteiger partial charge in [-0.15, -0.1) is 0 Å². The van der Waals surface area contributed by atoms with Gasteiger partial charge in [0.1, 0.15) is 5.75 Å². The summed E-state index contributed by atoms with van der Waals surface area (Å²) >= 11 is 0. The zero-order valence-electron chi connectivity index (χ0n) is 10.5. The lowest BCUT2D eigenvalue weighted by atomic mass is 10.1. The molecular formula is C15H18O2. The normalized spacial score (nSPS) is 9.29. The van der Waals surface area contributed by atoms with Gasteiger partial charge in [-0.1, -0.05) is 37.8 Å². The van der Waals surface area contributed by atoms with E-state index in [0.717, 1.165) is 19.3 Å². The summed E-state index contributed by atoms with van der Waals surface area (Å²) in [5, 5.41) is 0. The van der Waals surface area contributed by atoms with Gasteiger partial charge in [-0.3, -0.25) is 4.79 Å². The van der Waals surface area contributed by atoms with Gasteiger partial charge in [-0.2, -0.15) is 0 Å². The van der Waals surface area contributed by atoms with Gasteiger partial charge in [0.2, 0.25) is 5.78 Å². The molecule has 0 radical (unpaired) electrons. The minimum Gasteiger partial charge on any atom is -0.496 e. The lowest BCUT2D eigenvalue weighted by molar-refractivity contribution is 0.105. The number of carbonyl (C=O) groups is 1. The summed E-state index contributed by atoms with van der Waals surface area (Å²) < 4.78 is 5.12. The Balaban J connectivity index is 2.63. The van der Waals surface area contributed by atoms with E-state index in [0.29, 0.717) is 11.3 Å². The molecule has 2 heteroatoms. The highest BCUT2D eigenvalue weighted by molar-refractivity contribution is 6.10. The van der Waals surface area contributed by atoms with Crippen LogP contribution >= 0.6 is 0 Å². The van der Waals surface area contributed by atoms with Gasteiger partial charge in [-0.25, -0.2) is 0 Å². The summed E-state index contributed by atoms with van der Waals surface area (Å²) in [6.45, 7) is 2.15. The standard InChI is InChI=1S/C15H18O2/c1-3-4-5-6-7-11-14(16)13-10-8-9-12-15(13)17-2/h8-10,12H,3-6H2,1-2H3. The number of methoxy groups -OCH3 is 1. The van der Waals surface area contributed by atoms with Crippen LogP contribution < -0.4 is 4.74 Å². The third-order valence-corrected chi connectivity index (χ3v) is 2.46. The minimum absolute atomic E-state index is 0.168. The lowest BCUT2D eigenvalue weighted by Gasteiger charge is -2.02. The van der Waals surface area contributed by atoms with E-state index in [1.54, 1.807) is 19.2 Å². The van der Waals surface area contributed by atoms with Crippen LogP contribution in [0.15, 0.2) is 24.3 Å². The largest absolute Gasteiger partial charge is 0.496 e. The van der Waals surface area contributed by atoms with E-state index in [9.17, 15) is 4.79 Å². The number of benzene rings is 1. The molecule has 1 aromatic carbocycles. The van der Waals surface area contributed by atoms with Crippen molar-refractivity contribution in [3.05, 3.63) is 29.8 Å². The van der Waals surface area contributed by atoms with Crippen molar-refractivity contribution in [2.45, 2.75) is 32.6 Å². The third-order valence-electron chi connectivity index (χ3n) is 2.46. The second-order valence-electron chi connectivity index (χ2n) is 3.79. The molecule has 0 heterocycles. The smallest absolute Gasteiger partial charge is 0.239 e. The fourth-order valence-corrected chi connectivity index (χ4v) is 1.51. The van der Waals surface area contributed by atoms with Crippen molar-refractivity contribution in [1.29, 1.82) is 0 Å². The predicted molar refractivity (Wildman–Crippen MR) is 69.2 cm³/mol. The molecule has 0 aromatic heterocycles. The molecule has 1 rings (SSSR count). The molecule has 2 nitrogen and oxygen atoms in total. The van der Waals surface area contributed by atoms with Crippen LogP contribution in [0.5, 0.6) is 5.75 Å². The van der Waals surface area contributed by atoms with Crippen molar-refractivity contribution < 1.29 is 9.53 Å². The summed E-state index contributed by atoms with van der Waals surface area (Å²) in [4.78, 5) is 11.8. The van der Waals surface area contributed by atoms with Crippen LogP contribution in [0.2, 0.25) is 0 Å². The highest BCUT2D eigenvalue weighted by Crippen LogP contribution is 2.17. The Hall–Kier alpha value is -1.75. The van der Waals surface area contributed by atoms with Gasteiger partial charge in [0.05, 0.1) is 12.7 Å². The van der Waals surface area contributed by atoms with E-state index in [-0.39, 0.29) is 5.78 Å². The van der Waals surface area contributed by atoms with Crippen molar-refractivity contribution in [2.24, 2.45) is 0 Å². The molecule has 0 aliphatic rings. The maximum atomic E-state index is 11.8. The van der Waals surface area contributed by atoms with Gasteiger partial charge in [-0.05, 0) is 24.5 Å². The third kappa shape index (κ3) is 4.32. The van der Waals surface area contributed by atoms with Gasteiger partial charge in [0, 0.05) is 6.42 Å². The van der Waals surface area contributed by atoms with Crippen molar-refractivity contribution in [3.8, 4) is 17.6 Å². The molecule has 1 aromatic rings. The summed E-state index contributed by atoms with van der Waals surface area (Å²) in [6.07, 6.45) is 4.18. The summed E-state index contributed by atoms with van der Waals surface area (Å²) in [5.74, 6) is 5.99. The zero-order valence-corrected chi connectivity index (χ0v) is 10.5. The Morgan fingerprint density at radius 2 is 2.06 bits per heavy atom. The number of unbranched alkanes of at least 4 members (excludes halogenated alkanes) is 3. The Labute approximate surface area is 103 Å². The maximum Gasteiger partial charge on any atom is 0.239 e. The van der Waals surface area contributed by atoms with Crippen LogP contribution in [0, 0.1) is 11.8 Å². The number of carbonyl (C=O) groups excluding carboxylic acids is 1. The molecule has 0 aliphatic heterocycles. The van der Waals surface area contributed by atoms with Gasteiger partial charge in [0.15, 0.2) is 0 Å². The first-order valence-electron chi connectivity index (χ1n) is 5.95. The van der Waals surface area contributed by atoms with E-state index in [1.165, 1.54) is 6.42 Å². The molecule has 0 saturated heterocycles. The fourth-order valence-electron chi connectivity index (χ4n) is 1.51. The summed E-state index contributed by atoms with van der Waals surface area (Å²) in [7, 11) is 1.56. The monoisotopic (exact) mass is 230 g/mol. The van der Waals surface area contributed by atoms with Crippen molar-refractivity contribution in [3.63, 3.8) is 0 Å². The number of hydrogen-bond acceptors (Lipinski definition) is 2. The van der Waals surface area contributed by atoms with Gasteiger partial charge in [0.25, 0.3) is 0 Å². The molecule has 0 bridgehead atoms. The first-order valence-corrected chi connectivity index (χ1v) is 5.95. The quantitative estimate of drug-likeness (QED) is 0.335. The van der Waals surface area contributed by atoms with Crippen LogP contribution in [0.25, 0.3) is 0 Å². The van der Waals surface area contributed by atoms with Gasteiger partial charge < -0.3 is 4.74 Å². The zero-order chi connectivity index (χ0) is 12.5. The number of para-hydroxylation sites is 1. The number of rotatable bonds is 5. The highest BCUT2D eigenvalue weighted by atomic mass is 16.5. The van der Waals surface area contributed by atoms with E-state index >= 15 is 0 Å². The van der Waals surface area contributed by atoms with Crippen molar-refractivity contribution in [2.75, 3.05) is 7.11 Å². The predicted octanol–water partition coefficient (Wildman–Crippen LogP) is 3.46. The van der Waals surface area contributed by atoms with E-state index in [4.69, 9.17) is 4.74 Å². The molecule has 0 saturated carbocycles. The average molecular weight is 230 g/mol. The van der Waals surface area contributed by atoms with Crippen molar-refractivity contribution in [1.82, 2.24) is 0 Å². The lowest BCUT2D eigenvalue weighted by Crippen LogP contribution is -1.98. The second-order valence-corrected chi connectivity index (χ2v) is 3.79. The molecule has 0 atom stereocenters. The Morgan fingerprint density at radius 3 is 2.76 bits per heavy atom. The molecule has 0 amide bonds. The first kappa shape index (κ1) is 13.3. The molecule has 0 fully saturated rings. The fraction of sp³-hybridized carbons (Fsp3) is 0.400. The molecule has 0 aliphatic carbocycles. The Morgan fingerprint density at radius 1 is 1.29 bits per heavy atom. The minimum atomic E-state index is -0.168. The van der Waals surface area contributed by atoms with E-state index in [2.05, 4.69) is 18.8 Å². The van der Waals surface area contributed by atoms with Crippen LogP contribution in [0.1, 0.15) is 43.0 Å². The van der Waals surface area contributed by atoms with Crippen LogP contribution in [0.3, 0.4) is 0 Å². The highest BCUT2D eigenvalue weighted by Gasteiger charge is 2.07. The van der Waals surface area contributed by atoms with Crippen LogP contribution in [-0.4, -0.2) is 12.9 Å². The second kappa shape index (κ2) is 7.51. The van der Waals surface area contributed by atoms with E-state index < -0.39 is 0 Å². The Kier molecular flexibility index (Phi) is 5.88. The maximum absolute atomic E-state index is 11.8. The number of hydrogen-bond donors (Lipinski definition) is 0. The first-order chi connectivity index (χ1) is 8.29. The number of ether oxygens (including phenoxy) is 1. The molecule has 17 heavy (non-hydrogen) atoms. The molecule has 0 unspecified atom stereocenters. The van der Waals surface area contributed by atoms with E-state index in [1.807, 2.05) is 12.1 Å². The van der Waals surface area contributed by atoms with Crippen LogP contribution in [-0.2, 0) is 0 Å². The molecule has 0 spiro atoms. The Bertz CT molecular complexity index is 424. The molecular weight excluding hydrogens is 212 g/mol. The number of Topliss-reactive ketones (excluding diaryl/α,β-unsaturated/α-hetero) is 1. The van der Waals surface area contributed by atoms with Crippen LogP contribution in [0.4, 0.5) is 0 Å². The summed E-state index contributed by atoms with van der Waals surface area (Å²) in [5.41, 5.74) is 0.540. The van der Waals surface area contributed by atoms with Crippen molar-refractivity contribution >= 4 is 5.78 Å². The molecule has 0 N–H and O–H groups in total. The SMILES string of the molecule is CCCCCC#CC(=O)c1ccccc1OC. The average Bonchev–Trinajstić information content (AvgIpc) is 2.38. The topological polar surface area (TPSA) is 26.3 Å². The van der Waals surface area contributed by atoms with Gasteiger partial charge >= 0.3 is 0 Å². The molecule has 90 valence electrons.